The normalized spacial score (nSPS) is 16.0. The van der Waals surface area contributed by atoms with Gasteiger partial charge in [-0.3, -0.25) is 4.79 Å². The average molecular weight is 367 g/mol. The molecule has 1 aromatic carbocycles. The van der Waals surface area contributed by atoms with Crippen LogP contribution in [0.5, 0.6) is 0 Å². The summed E-state index contributed by atoms with van der Waals surface area (Å²) in [5, 5.41) is 6.24. The van der Waals surface area contributed by atoms with Crippen LogP contribution in [0.25, 0.3) is 0 Å². The molecule has 1 saturated heterocycles. The van der Waals surface area contributed by atoms with E-state index in [-0.39, 0.29) is 11.9 Å². The van der Waals surface area contributed by atoms with Crippen LogP contribution in [-0.4, -0.2) is 55.1 Å². The fraction of sp³-hybridized carbons (Fsp3) is 0.429. The molecule has 0 radical (unpaired) electrons. The topological polar surface area (TPSA) is 60.5 Å². The summed E-state index contributed by atoms with van der Waals surface area (Å²) in [5.74, 6) is 0.641. The first-order valence-electron chi connectivity index (χ1n) is 9.62. The van der Waals surface area contributed by atoms with Crippen LogP contribution in [0.3, 0.4) is 0 Å². The van der Waals surface area contributed by atoms with Crippen LogP contribution < -0.4 is 15.5 Å². The molecule has 0 aliphatic carbocycles. The molecule has 6 heteroatoms. The number of benzene rings is 1. The van der Waals surface area contributed by atoms with Gasteiger partial charge in [-0.15, -0.1) is 0 Å². The highest BCUT2D eigenvalue weighted by Crippen LogP contribution is 2.21. The van der Waals surface area contributed by atoms with Gasteiger partial charge in [0.05, 0.1) is 5.56 Å². The van der Waals surface area contributed by atoms with Crippen molar-refractivity contribution in [3.63, 3.8) is 0 Å². The predicted octanol–water partition coefficient (Wildman–Crippen LogP) is 3.11. The Morgan fingerprint density at radius 1 is 1.11 bits per heavy atom. The lowest BCUT2D eigenvalue weighted by atomic mass is 10.2. The van der Waals surface area contributed by atoms with Gasteiger partial charge in [-0.2, -0.15) is 0 Å². The van der Waals surface area contributed by atoms with Crippen LogP contribution in [0.4, 0.5) is 17.2 Å². The molecular formula is C21H29N5O. The summed E-state index contributed by atoms with van der Waals surface area (Å²) in [6, 6.07) is 12.2. The minimum absolute atomic E-state index is 0.0834. The maximum Gasteiger partial charge on any atom is 0.253 e. The first kappa shape index (κ1) is 19.2. The standard InChI is InChI=1S/C21H29N5O/c1-4-16(2)23-21(27)17-5-10-20(22-15-17)24-18-6-8-19(9-7-18)26-13-11-25(3)12-14-26/h5-10,15-16H,4,11-14H2,1-3H3,(H,22,24)(H,23,27). The fourth-order valence-corrected chi connectivity index (χ4v) is 2.98. The molecule has 0 bridgehead atoms. The van der Waals surface area contributed by atoms with Crippen molar-refractivity contribution in [1.82, 2.24) is 15.2 Å². The molecule has 2 aromatic rings. The molecule has 3 rings (SSSR count). The number of hydrogen-bond donors (Lipinski definition) is 2. The number of likely N-dealkylation sites (N-methyl/N-ethyl adjacent to an activating group) is 1. The largest absolute Gasteiger partial charge is 0.369 e. The zero-order chi connectivity index (χ0) is 19.2. The van der Waals surface area contributed by atoms with Gasteiger partial charge in [-0.1, -0.05) is 6.92 Å². The number of anilines is 3. The SMILES string of the molecule is CCC(C)NC(=O)c1ccc(Nc2ccc(N3CCN(C)CC3)cc2)nc1. The van der Waals surface area contributed by atoms with E-state index in [0.717, 1.165) is 44.1 Å². The lowest BCUT2D eigenvalue weighted by Crippen LogP contribution is -2.44. The van der Waals surface area contributed by atoms with Crippen LogP contribution in [0, 0.1) is 0 Å². The van der Waals surface area contributed by atoms with Gasteiger partial charge in [0.2, 0.25) is 0 Å². The molecule has 1 atom stereocenters. The van der Waals surface area contributed by atoms with Gasteiger partial charge in [-0.05, 0) is 56.8 Å². The van der Waals surface area contributed by atoms with Crippen LogP contribution >= 0.6 is 0 Å². The van der Waals surface area contributed by atoms with Crippen molar-refractivity contribution in [1.29, 1.82) is 0 Å². The lowest BCUT2D eigenvalue weighted by molar-refractivity contribution is 0.0939. The van der Waals surface area contributed by atoms with E-state index in [9.17, 15) is 4.79 Å². The number of hydrogen-bond acceptors (Lipinski definition) is 5. The smallest absolute Gasteiger partial charge is 0.253 e. The Hall–Kier alpha value is -2.60. The van der Waals surface area contributed by atoms with Crippen LogP contribution in [0.15, 0.2) is 42.6 Å². The summed E-state index contributed by atoms with van der Waals surface area (Å²) in [7, 11) is 2.16. The van der Waals surface area contributed by atoms with Gasteiger partial charge in [0, 0.05) is 49.8 Å². The third-order valence-corrected chi connectivity index (χ3v) is 5.02. The number of aromatic nitrogens is 1. The lowest BCUT2D eigenvalue weighted by Gasteiger charge is -2.34. The van der Waals surface area contributed by atoms with E-state index in [1.54, 1.807) is 12.3 Å². The van der Waals surface area contributed by atoms with Crippen molar-refractivity contribution in [3.05, 3.63) is 48.2 Å². The minimum atomic E-state index is -0.0834. The highest BCUT2D eigenvalue weighted by molar-refractivity contribution is 5.94. The minimum Gasteiger partial charge on any atom is -0.369 e. The number of pyridine rings is 1. The molecule has 1 unspecified atom stereocenters. The molecule has 1 aliphatic heterocycles. The monoisotopic (exact) mass is 367 g/mol. The number of carbonyl (C=O) groups is 1. The molecule has 2 heterocycles. The molecule has 144 valence electrons. The second kappa shape index (κ2) is 8.86. The van der Waals surface area contributed by atoms with Gasteiger partial charge in [0.1, 0.15) is 5.82 Å². The predicted molar refractivity (Wildman–Crippen MR) is 111 cm³/mol. The highest BCUT2D eigenvalue weighted by Gasteiger charge is 2.14. The van der Waals surface area contributed by atoms with E-state index in [1.807, 2.05) is 19.9 Å². The van der Waals surface area contributed by atoms with Crippen LogP contribution in [0.2, 0.25) is 0 Å². The molecule has 6 nitrogen and oxygen atoms in total. The Kier molecular flexibility index (Phi) is 6.29. The van der Waals surface area contributed by atoms with Gasteiger partial charge in [-0.25, -0.2) is 4.98 Å². The maximum absolute atomic E-state index is 12.1. The van der Waals surface area contributed by atoms with Crippen molar-refractivity contribution >= 4 is 23.1 Å². The van der Waals surface area contributed by atoms with E-state index in [1.165, 1.54) is 5.69 Å². The summed E-state index contributed by atoms with van der Waals surface area (Å²) in [5.41, 5.74) is 2.81. The molecule has 0 saturated carbocycles. The third-order valence-electron chi connectivity index (χ3n) is 5.02. The van der Waals surface area contributed by atoms with E-state index in [0.29, 0.717) is 5.56 Å². The molecule has 1 aromatic heterocycles. The Balaban J connectivity index is 1.58. The zero-order valence-corrected chi connectivity index (χ0v) is 16.4. The molecule has 0 spiro atoms. The maximum atomic E-state index is 12.1. The Morgan fingerprint density at radius 3 is 2.41 bits per heavy atom. The number of nitrogens with zero attached hydrogens (tertiary/aromatic N) is 3. The average Bonchev–Trinajstić information content (AvgIpc) is 2.69. The van der Waals surface area contributed by atoms with Gasteiger partial charge >= 0.3 is 0 Å². The first-order valence-corrected chi connectivity index (χ1v) is 9.62. The molecule has 2 N–H and O–H groups in total. The van der Waals surface area contributed by atoms with Crippen LogP contribution in [-0.2, 0) is 0 Å². The summed E-state index contributed by atoms with van der Waals surface area (Å²) in [4.78, 5) is 21.2. The molecule has 1 amide bonds. The number of rotatable bonds is 6. The number of piperazine rings is 1. The second-order valence-electron chi connectivity index (χ2n) is 7.18. The fourth-order valence-electron chi connectivity index (χ4n) is 2.98. The molecule has 1 fully saturated rings. The number of amides is 1. The van der Waals surface area contributed by atoms with E-state index in [4.69, 9.17) is 0 Å². The zero-order valence-electron chi connectivity index (χ0n) is 16.4. The Bertz CT molecular complexity index is 736. The van der Waals surface area contributed by atoms with Crippen LogP contribution in [0.1, 0.15) is 30.6 Å². The third kappa shape index (κ3) is 5.20. The van der Waals surface area contributed by atoms with E-state index >= 15 is 0 Å². The van der Waals surface area contributed by atoms with Crippen molar-refractivity contribution in [2.45, 2.75) is 26.3 Å². The molecular weight excluding hydrogens is 338 g/mol. The summed E-state index contributed by atoms with van der Waals surface area (Å²) >= 11 is 0. The first-order chi connectivity index (χ1) is 13.0. The highest BCUT2D eigenvalue weighted by atomic mass is 16.1. The second-order valence-corrected chi connectivity index (χ2v) is 7.18. The summed E-state index contributed by atoms with van der Waals surface area (Å²) in [6.45, 7) is 8.36. The van der Waals surface area contributed by atoms with Crippen molar-refractivity contribution in [2.75, 3.05) is 43.4 Å². The quantitative estimate of drug-likeness (QED) is 0.822. The molecule has 27 heavy (non-hydrogen) atoms. The van der Waals surface area contributed by atoms with E-state index in [2.05, 4.69) is 56.7 Å². The van der Waals surface area contributed by atoms with Crippen molar-refractivity contribution < 1.29 is 4.79 Å². The van der Waals surface area contributed by atoms with Gasteiger partial charge in [0.25, 0.3) is 5.91 Å². The number of carbonyl (C=O) groups excluding carboxylic acids is 1. The van der Waals surface area contributed by atoms with Gasteiger partial charge < -0.3 is 20.4 Å². The van der Waals surface area contributed by atoms with Gasteiger partial charge in [0.15, 0.2) is 0 Å². The van der Waals surface area contributed by atoms with E-state index < -0.39 is 0 Å². The summed E-state index contributed by atoms with van der Waals surface area (Å²) in [6.07, 6.45) is 2.52. The van der Waals surface area contributed by atoms with Crippen molar-refractivity contribution in [3.8, 4) is 0 Å². The van der Waals surface area contributed by atoms with Crippen molar-refractivity contribution in [2.24, 2.45) is 0 Å². The Morgan fingerprint density at radius 2 is 1.81 bits per heavy atom. The number of nitrogens with one attached hydrogen (secondary N) is 2. The Labute approximate surface area is 161 Å². The molecule has 1 aliphatic rings. The summed E-state index contributed by atoms with van der Waals surface area (Å²) < 4.78 is 0.